The molecule has 0 saturated heterocycles. The average Bonchev–Trinajstić information content (AvgIpc) is 2.66. The Morgan fingerprint density at radius 3 is 2.86 bits per heavy atom. The highest BCUT2D eigenvalue weighted by atomic mass is 35.5. The van der Waals surface area contributed by atoms with Crippen molar-refractivity contribution in [3.63, 3.8) is 0 Å². The topological polar surface area (TPSA) is 53.9 Å². The summed E-state index contributed by atoms with van der Waals surface area (Å²) in [6.45, 7) is 9.91. The van der Waals surface area contributed by atoms with Gasteiger partial charge in [0.2, 0.25) is 0 Å². The summed E-state index contributed by atoms with van der Waals surface area (Å²) in [5.41, 5.74) is 6.22. The number of carbonyl (C=O) groups is 1. The molecule has 1 amide bonds. The molecule has 2 aromatic carbocycles. The molecular formula is C23H28ClN3O2. The summed E-state index contributed by atoms with van der Waals surface area (Å²) in [4.78, 5) is 14.4. The van der Waals surface area contributed by atoms with Gasteiger partial charge in [0.05, 0.1) is 6.21 Å². The van der Waals surface area contributed by atoms with Crippen LogP contribution in [0.5, 0.6) is 5.75 Å². The minimum atomic E-state index is -0.327. The Kier molecular flexibility index (Phi) is 6.48. The van der Waals surface area contributed by atoms with Crippen molar-refractivity contribution >= 4 is 29.4 Å². The zero-order valence-corrected chi connectivity index (χ0v) is 18.2. The number of anilines is 1. The van der Waals surface area contributed by atoms with E-state index < -0.39 is 0 Å². The third-order valence-corrected chi connectivity index (χ3v) is 5.53. The molecule has 0 spiro atoms. The molecule has 0 aromatic heterocycles. The molecule has 1 aliphatic rings. The van der Waals surface area contributed by atoms with Crippen LogP contribution in [0.4, 0.5) is 5.69 Å². The molecule has 0 radical (unpaired) electrons. The third-order valence-electron chi connectivity index (χ3n) is 5.29. The third kappa shape index (κ3) is 5.10. The second-order valence-corrected chi connectivity index (χ2v) is 8.46. The van der Waals surface area contributed by atoms with Crippen LogP contribution in [-0.2, 0) is 4.79 Å². The number of halogens is 1. The number of nitrogens with one attached hydrogen (secondary N) is 1. The number of fused-ring (bicyclic) bond motifs is 1. The Bertz CT molecular complexity index is 911. The molecule has 1 atom stereocenters. The highest BCUT2D eigenvalue weighted by Crippen LogP contribution is 2.43. The normalized spacial score (nSPS) is 17.8. The van der Waals surface area contributed by atoms with E-state index in [0.29, 0.717) is 16.7 Å². The second kappa shape index (κ2) is 8.87. The van der Waals surface area contributed by atoms with Gasteiger partial charge >= 0.3 is 0 Å². The van der Waals surface area contributed by atoms with Gasteiger partial charge in [-0.15, -0.1) is 0 Å². The number of nitrogens with zero attached hydrogens (tertiary/aromatic N) is 2. The van der Waals surface area contributed by atoms with Gasteiger partial charge in [-0.1, -0.05) is 30.7 Å². The van der Waals surface area contributed by atoms with Gasteiger partial charge in [0.15, 0.2) is 6.61 Å². The number of ether oxygens (including phenoxy) is 1. The summed E-state index contributed by atoms with van der Waals surface area (Å²) in [5.74, 6) is 0.687. The van der Waals surface area contributed by atoms with Gasteiger partial charge in [-0.05, 0) is 74.6 Å². The maximum Gasteiger partial charge on any atom is 0.277 e. The van der Waals surface area contributed by atoms with Gasteiger partial charge in [0, 0.05) is 22.8 Å². The molecule has 1 aliphatic heterocycles. The van der Waals surface area contributed by atoms with Gasteiger partial charge in [0.1, 0.15) is 5.75 Å². The quantitative estimate of drug-likeness (QED) is 0.536. The number of hydrazone groups is 1. The van der Waals surface area contributed by atoms with Gasteiger partial charge in [-0.2, -0.15) is 5.10 Å². The summed E-state index contributed by atoms with van der Waals surface area (Å²) < 4.78 is 5.41. The van der Waals surface area contributed by atoms with Crippen LogP contribution in [0.1, 0.15) is 51.2 Å². The van der Waals surface area contributed by atoms with Crippen LogP contribution in [0.3, 0.4) is 0 Å². The van der Waals surface area contributed by atoms with Crippen LogP contribution in [0.2, 0.25) is 5.02 Å². The maximum atomic E-state index is 11.9. The molecule has 3 rings (SSSR count). The summed E-state index contributed by atoms with van der Waals surface area (Å²) in [5, 5.41) is 4.63. The van der Waals surface area contributed by atoms with E-state index in [9.17, 15) is 4.79 Å². The molecule has 1 heterocycles. The molecule has 0 unspecified atom stereocenters. The molecule has 2 aromatic rings. The van der Waals surface area contributed by atoms with Crippen LogP contribution in [0.15, 0.2) is 47.6 Å². The van der Waals surface area contributed by atoms with Crippen molar-refractivity contribution in [2.45, 2.75) is 45.6 Å². The van der Waals surface area contributed by atoms with Crippen molar-refractivity contribution in [3.05, 3.63) is 58.6 Å². The van der Waals surface area contributed by atoms with Crippen molar-refractivity contribution in [2.75, 3.05) is 18.1 Å². The molecule has 6 heteroatoms. The van der Waals surface area contributed by atoms with E-state index in [1.165, 1.54) is 11.3 Å². The van der Waals surface area contributed by atoms with E-state index in [0.717, 1.165) is 18.5 Å². The number of carbonyl (C=O) groups excluding carboxylic acids is 1. The molecule has 0 fully saturated rings. The first-order chi connectivity index (χ1) is 13.8. The first-order valence-electron chi connectivity index (χ1n) is 9.92. The Balaban J connectivity index is 1.61. The highest BCUT2D eigenvalue weighted by Gasteiger charge is 2.35. The second-order valence-electron chi connectivity index (χ2n) is 8.02. The van der Waals surface area contributed by atoms with Gasteiger partial charge in [0.25, 0.3) is 5.91 Å². The Hall–Kier alpha value is -2.53. The summed E-state index contributed by atoms with van der Waals surface area (Å²) in [6, 6.07) is 13.3. The number of hydrogen-bond donors (Lipinski definition) is 1. The fourth-order valence-electron chi connectivity index (χ4n) is 4.10. The molecule has 0 saturated carbocycles. The number of benzene rings is 2. The van der Waals surface area contributed by atoms with Crippen LogP contribution in [0.25, 0.3) is 0 Å². The zero-order chi connectivity index (χ0) is 21.0. The Morgan fingerprint density at radius 1 is 1.34 bits per heavy atom. The van der Waals surface area contributed by atoms with E-state index in [4.69, 9.17) is 16.3 Å². The van der Waals surface area contributed by atoms with Gasteiger partial charge < -0.3 is 9.64 Å². The molecule has 0 bridgehead atoms. The number of amides is 1. The molecule has 154 valence electrons. The van der Waals surface area contributed by atoms with Crippen molar-refractivity contribution in [3.8, 4) is 5.75 Å². The van der Waals surface area contributed by atoms with E-state index >= 15 is 0 Å². The largest absolute Gasteiger partial charge is 0.484 e. The van der Waals surface area contributed by atoms with Crippen LogP contribution in [-0.4, -0.2) is 30.8 Å². The van der Waals surface area contributed by atoms with E-state index in [1.54, 1.807) is 30.5 Å². The van der Waals surface area contributed by atoms with E-state index in [1.807, 2.05) is 6.07 Å². The predicted octanol–water partition coefficient (Wildman–Crippen LogP) is 4.98. The van der Waals surface area contributed by atoms with Gasteiger partial charge in [-0.25, -0.2) is 5.43 Å². The van der Waals surface area contributed by atoms with E-state index in [-0.39, 0.29) is 18.1 Å². The summed E-state index contributed by atoms with van der Waals surface area (Å²) >= 11 is 5.90. The summed E-state index contributed by atoms with van der Waals surface area (Å²) in [6.07, 6.45) is 2.77. The number of hydrogen-bond acceptors (Lipinski definition) is 4. The van der Waals surface area contributed by atoms with Crippen LogP contribution < -0.4 is 15.1 Å². The molecule has 1 N–H and O–H groups in total. The van der Waals surface area contributed by atoms with E-state index in [2.05, 4.69) is 55.3 Å². The molecule has 0 aliphatic carbocycles. The fraction of sp³-hybridized carbons (Fsp3) is 0.391. The first-order valence-corrected chi connectivity index (χ1v) is 10.3. The van der Waals surface area contributed by atoms with Crippen molar-refractivity contribution in [1.82, 2.24) is 5.43 Å². The smallest absolute Gasteiger partial charge is 0.277 e. The van der Waals surface area contributed by atoms with Crippen molar-refractivity contribution < 1.29 is 9.53 Å². The Morgan fingerprint density at radius 2 is 2.14 bits per heavy atom. The zero-order valence-electron chi connectivity index (χ0n) is 17.4. The molecule has 5 nitrogen and oxygen atoms in total. The standard InChI is InChI=1S/C23H28ClN3O2/c1-5-27-21-10-9-17(11-20(21)16(2)13-23(27,3)4)14-25-26-22(28)15-29-19-8-6-7-18(24)12-19/h6-12,14,16H,5,13,15H2,1-4H3,(H,26,28)/b25-14+/t16-/m1/s1. The lowest BCUT2D eigenvalue weighted by molar-refractivity contribution is -0.123. The Labute approximate surface area is 177 Å². The number of rotatable bonds is 6. The van der Waals surface area contributed by atoms with Crippen LogP contribution >= 0.6 is 11.6 Å². The van der Waals surface area contributed by atoms with Crippen molar-refractivity contribution in [1.29, 1.82) is 0 Å². The highest BCUT2D eigenvalue weighted by molar-refractivity contribution is 6.30. The molecular weight excluding hydrogens is 386 g/mol. The summed E-state index contributed by atoms with van der Waals surface area (Å²) in [7, 11) is 0. The monoisotopic (exact) mass is 413 g/mol. The average molecular weight is 414 g/mol. The van der Waals surface area contributed by atoms with Gasteiger partial charge in [-0.3, -0.25) is 4.79 Å². The van der Waals surface area contributed by atoms with Crippen molar-refractivity contribution in [2.24, 2.45) is 5.10 Å². The lowest BCUT2D eigenvalue weighted by Gasteiger charge is -2.47. The lowest BCUT2D eigenvalue weighted by atomic mass is 9.79. The lowest BCUT2D eigenvalue weighted by Crippen LogP contribution is -2.48. The van der Waals surface area contributed by atoms with Crippen LogP contribution in [0, 0.1) is 0 Å². The first kappa shape index (κ1) is 21.2. The SMILES string of the molecule is CCN1c2ccc(/C=N/NC(=O)COc3cccc(Cl)c3)cc2[C@H](C)CC1(C)C. The molecule has 29 heavy (non-hydrogen) atoms. The maximum absolute atomic E-state index is 11.9. The predicted molar refractivity (Wildman–Crippen MR) is 119 cm³/mol. The minimum absolute atomic E-state index is 0.126. The minimum Gasteiger partial charge on any atom is -0.484 e. The fourth-order valence-corrected chi connectivity index (χ4v) is 4.28.